The zero-order valence-corrected chi connectivity index (χ0v) is 14.5. The molecule has 10 heteroatoms. The lowest BCUT2D eigenvalue weighted by Gasteiger charge is -2.15. The quantitative estimate of drug-likeness (QED) is 0.619. The van der Waals surface area contributed by atoms with Crippen LogP contribution in [0.25, 0.3) is 22.3 Å². The van der Waals surface area contributed by atoms with E-state index in [1.54, 1.807) is 0 Å². The molecule has 3 heterocycles. The number of fused-ring (bicyclic) bond motifs is 1. The topological polar surface area (TPSA) is 104 Å². The van der Waals surface area contributed by atoms with Crippen molar-refractivity contribution in [2.75, 3.05) is 5.32 Å². The summed E-state index contributed by atoms with van der Waals surface area (Å²) >= 11 is 0. The molecule has 0 bridgehead atoms. The van der Waals surface area contributed by atoms with Crippen LogP contribution in [-0.4, -0.2) is 37.1 Å². The number of aromatic amines is 1. The molecule has 3 N–H and O–H groups in total. The maximum atomic E-state index is 13.5. The van der Waals surface area contributed by atoms with E-state index in [0.717, 1.165) is 31.9 Å². The molecule has 0 atom stereocenters. The summed E-state index contributed by atoms with van der Waals surface area (Å²) in [7, 11) is 0. The van der Waals surface area contributed by atoms with Crippen molar-refractivity contribution in [3.05, 3.63) is 35.8 Å². The molecule has 146 valence electrons. The van der Waals surface area contributed by atoms with Crippen LogP contribution in [0.3, 0.4) is 0 Å². The van der Waals surface area contributed by atoms with Crippen molar-refractivity contribution in [1.82, 2.24) is 19.9 Å². The number of anilines is 1. The summed E-state index contributed by atoms with van der Waals surface area (Å²) < 4.78 is 40.6. The summed E-state index contributed by atoms with van der Waals surface area (Å²) in [6.07, 6.45) is 1.46. The monoisotopic (exact) mass is 391 g/mol. The second kappa shape index (κ2) is 6.77. The second-order valence-corrected chi connectivity index (χ2v) is 6.68. The van der Waals surface area contributed by atoms with Gasteiger partial charge in [-0.15, -0.1) is 0 Å². The van der Waals surface area contributed by atoms with Crippen LogP contribution in [-0.2, 0) is 6.18 Å². The van der Waals surface area contributed by atoms with Gasteiger partial charge in [-0.2, -0.15) is 13.2 Å². The number of carboxylic acids is 1. The van der Waals surface area contributed by atoms with Crippen LogP contribution >= 0.6 is 0 Å². The number of rotatable bonds is 4. The number of carboxylic acid groups (broad SMARTS) is 1. The molecule has 0 amide bonds. The third kappa shape index (κ3) is 3.37. The van der Waals surface area contributed by atoms with E-state index in [4.69, 9.17) is 5.11 Å². The molecule has 3 aromatic rings. The van der Waals surface area contributed by atoms with Gasteiger partial charge in [-0.1, -0.05) is 12.8 Å². The van der Waals surface area contributed by atoms with E-state index < -0.39 is 17.7 Å². The molecule has 0 aliphatic heterocycles. The Morgan fingerprint density at radius 1 is 1.21 bits per heavy atom. The Morgan fingerprint density at radius 3 is 2.64 bits per heavy atom. The highest BCUT2D eigenvalue weighted by Crippen LogP contribution is 2.38. The highest BCUT2D eigenvalue weighted by molar-refractivity contribution is 5.96. The number of carbonyl (C=O) groups is 1. The minimum absolute atomic E-state index is 0.138. The lowest BCUT2D eigenvalue weighted by atomic mass is 10.1. The van der Waals surface area contributed by atoms with Crippen molar-refractivity contribution in [2.45, 2.75) is 37.9 Å². The first-order chi connectivity index (χ1) is 13.3. The molecule has 7 nitrogen and oxygen atoms in total. The van der Waals surface area contributed by atoms with Gasteiger partial charge < -0.3 is 15.4 Å². The van der Waals surface area contributed by atoms with Gasteiger partial charge in [-0.25, -0.2) is 19.7 Å². The van der Waals surface area contributed by atoms with Crippen molar-refractivity contribution in [1.29, 1.82) is 0 Å². The molecule has 0 spiro atoms. The summed E-state index contributed by atoms with van der Waals surface area (Å²) in [4.78, 5) is 25.7. The second-order valence-electron chi connectivity index (χ2n) is 6.68. The number of hydrogen-bond donors (Lipinski definition) is 3. The normalized spacial score (nSPS) is 15.2. The van der Waals surface area contributed by atoms with E-state index in [1.165, 1.54) is 18.3 Å². The van der Waals surface area contributed by atoms with Crippen LogP contribution in [0, 0.1) is 0 Å². The largest absolute Gasteiger partial charge is 0.477 e. The zero-order valence-electron chi connectivity index (χ0n) is 14.5. The van der Waals surface area contributed by atoms with Crippen LogP contribution < -0.4 is 5.32 Å². The third-order valence-corrected chi connectivity index (χ3v) is 4.80. The third-order valence-electron chi connectivity index (χ3n) is 4.80. The molecule has 1 saturated carbocycles. The Kier molecular flexibility index (Phi) is 4.40. The number of aromatic carboxylic acids is 1. The van der Waals surface area contributed by atoms with Gasteiger partial charge >= 0.3 is 12.1 Å². The summed E-state index contributed by atoms with van der Waals surface area (Å²) in [6.45, 7) is 0. The Labute approximate surface area is 157 Å². The minimum Gasteiger partial charge on any atom is -0.477 e. The molecule has 0 aromatic carbocycles. The van der Waals surface area contributed by atoms with Gasteiger partial charge in [0.15, 0.2) is 5.69 Å². The fourth-order valence-corrected chi connectivity index (χ4v) is 3.44. The van der Waals surface area contributed by atoms with E-state index in [-0.39, 0.29) is 34.6 Å². The van der Waals surface area contributed by atoms with Crippen molar-refractivity contribution in [3.8, 4) is 11.3 Å². The molecule has 3 aromatic heterocycles. The molecule has 4 rings (SSSR count). The Hall–Kier alpha value is -3.17. The molecule has 1 aliphatic rings. The number of aromatic nitrogens is 4. The lowest BCUT2D eigenvalue weighted by Crippen LogP contribution is -2.18. The number of pyridine rings is 1. The van der Waals surface area contributed by atoms with Crippen LogP contribution in [0.15, 0.2) is 24.5 Å². The highest BCUT2D eigenvalue weighted by Gasteiger charge is 2.36. The lowest BCUT2D eigenvalue weighted by molar-refractivity contribution is -0.137. The van der Waals surface area contributed by atoms with Crippen LogP contribution in [0.5, 0.6) is 0 Å². The summed E-state index contributed by atoms with van der Waals surface area (Å²) in [6, 6.07) is 2.81. The number of nitrogens with zero attached hydrogens (tertiary/aromatic N) is 3. The molecule has 1 fully saturated rings. The van der Waals surface area contributed by atoms with E-state index in [9.17, 15) is 18.0 Å². The Balaban J connectivity index is 1.82. The summed E-state index contributed by atoms with van der Waals surface area (Å²) in [5.74, 6) is -1.08. The van der Waals surface area contributed by atoms with Gasteiger partial charge in [0.2, 0.25) is 5.95 Å². The van der Waals surface area contributed by atoms with Crippen molar-refractivity contribution in [3.63, 3.8) is 0 Å². The van der Waals surface area contributed by atoms with Crippen LogP contribution in [0.4, 0.5) is 19.1 Å². The number of alkyl halides is 3. The average Bonchev–Trinajstić information content (AvgIpc) is 3.29. The molecular weight excluding hydrogens is 375 g/mol. The predicted octanol–water partition coefficient (Wildman–Crippen LogP) is 4.09. The summed E-state index contributed by atoms with van der Waals surface area (Å²) in [5.41, 5.74) is -1.09. The minimum atomic E-state index is -4.64. The summed E-state index contributed by atoms with van der Waals surface area (Å²) in [5, 5.41) is 12.5. The van der Waals surface area contributed by atoms with E-state index >= 15 is 0 Å². The SMILES string of the molecule is O=C(O)c1ccc2c(-c3nc(NC4CCCC4)ncc3C(F)(F)F)c[nH]c2n1. The smallest absolute Gasteiger partial charge is 0.419 e. The molecule has 28 heavy (non-hydrogen) atoms. The number of halogens is 3. The zero-order chi connectivity index (χ0) is 19.9. The maximum Gasteiger partial charge on any atom is 0.419 e. The fraction of sp³-hybridized carbons (Fsp3) is 0.333. The van der Waals surface area contributed by atoms with Gasteiger partial charge in [0.1, 0.15) is 11.2 Å². The Bertz CT molecular complexity index is 1040. The van der Waals surface area contributed by atoms with Gasteiger partial charge in [0.05, 0.1) is 5.69 Å². The van der Waals surface area contributed by atoms with Crippen molar-refractivity contribution >= 4 is 23.0 Å². The van der Waals surface area contributed by atoms with E-state index in [2.05, 4.69) is 25.3 Å². The van der Waals surface area contributed by atoms with Crippen LogP contribution in [0.2, 0.25) is 0 Å². The molecule has 0 radical (unpaired) electrons. The predicted molar refractivity (Wildman–Crippen MR) is 95.0 cm³/mol. The molecule has 1 aliphatic carbocycles. The fourth-order valence-electron chi connectivity index (χ4n) is 3.44. The average molecular weight is 391 g/mol. The van der Waals surface area contributed by atoms with Gasteiger partial charge in [0, 0.05) is 29.4 Å². The van der Waals surface area contributed by atoms with Gasteiger partial charge in [-0.05, 0) is 25.0 Å². The number of H-pyrrole nitrogens is 1. The van der Waals surface area contributed by atoms with Crippen molar-refractivity contribution in [2.24, 2.45) is 0 Å². The van der Waals surface area contributed by atoms with E-state index in [0.29, 0.717) is 5.39 Å². The van der Waals surface area contributed by atoms with Crippen LogP contribution in [0.1, 0.15) is 41.7 Å². The first-order valence-corrected chi connectivity index (χ1v) is 8.75. The highest BCUT2D eigenvalue weighted by atomic mass is 19.4. The maximum absolute atomic E-state index is 13.5. The van der Waals surface area contributed by atoms with Gasteiger partial charge in [0.25, 0.3) is 0 Å². The van der Waals surface area contributed by atoms with Crippen molar-refractivity contribution < 1.29 is 23.1 Å². The van der Waals surface area contributed by atoms with E-state index in [1.807, 2.05) is 0 Å². The first kappa shape index (κ1) is 18.2. The first-order valence-electron chi connectivity index (χ1n) is 8.75. The standard InChI is InChI=1S/C18H16F3N5O2/c19-18(20,21)12-8-23-17(24-9-3-1-2-4-9)26-14(12)11-7-22-15-10(11)5-6-13(25-15)16(27)28/h5-9H,1-4H2,(H,22,25)(H,27,28)(H,23,24,26). The number of nitrogens with one attached hydrogen (secondary N) is 2. The molecule has 0 saturated heterocycles. The Morgan fingerprint density at radius 2 is 1.96 bits per heavy atom. The molecular formula is C18H16F3N5O2. The number of hydrogen-bond acceptors (Lipinski definition) is 5. The molecule has 0 unspecified atom stereocenters. The van der Waals surface area contributed by atoms with Gasteiger partial charge in [-0.3, -0.25) is 0 Å².